The van der Waals surface area contributed by atoms with E-state index in [1.807, 2.05) is 25.2 Å². The van der Waals surface area contributed by atoms with E-state index in [9.17, 15) is 4.79 Å². The van der Waals surface area contributed by atoms with Crippen LogP contribution in [0.1, 0.15) is 23.6 Å². The Bertz CT molecular complexity index is 663. The van der Waals surface area contributed by atoms with Crippen LogP contribution in [0.15, 0.2) is 30.5 Å². The molecule has 1 amide bonds. The van der Waals surface area contributed by atoms with Gasteiger partial charge in [-0.25, -0.2) is 0 Å². The molecule has 0 bridgehead atoms. The zero-order valence-corrected chi connectivity index (χ0v) is 13.0. The van der Waals surface area contributed by atoms with Crippen LogP contribution in [0.25, 0.3) is 0 Å². The van der Waals surface area contributed by atoms with Crippen LogP contribution in [-0.2, 0) is 18.4 Å². The minimum atomic E-state index is 0.00719. The lowest BCUT2D eigenvalue weighted by Gasteiger charge is -2.06. The fourth-order valence-corrected chi connectivity index (χ4v) is 3.07. The highest BCUT2D eigenvalue weighted by Gasteiger charge is 2.44. The zero-order chi connectivity index (χ0) is 15.0. The largest absolute Gasteiger partial charge is 0.350 e. The normalized spacial score (nSPS) is 20.3. The average Bonchev–Trinajstić information content (AvgIpc) is 3.12. The molecule has 110 valence electrons. The summed E-state index contributed by atoms with van der Waals surface area (Å²) in [6.45, 7) is 0.495. The van der Waals surface area contributed by atoms with Gasteiger partial charge < -0.3 is 5.32 Å². The maximum Gasteiger partial charge on any atom is 0.224 e. The van der Waals surface area contributed by atoms with E-state index in [0.717, 1.165) is 17.7 Å². The molecule has 1 aliphatic rings. The average molecular weight is 324 g/mol. The van der Waals surface area contributed by atoms with Gasteiger partial charge in [0.25, 0.3) is 0 Å². The lowest BCUT2D eigenvalue weighted by molar-refractivity contribution is -0.122. The van der Waals surface area contributed by atoms with Crippen molar-refractivity contribution in [1.29, 1.82) is 0 Å². The minimum Gasteiger partial charge on any atom is -0.350 e. The van der Waals surface area contributed by atoms with Crippen molar-refractivity contribution in [1.82, 2.24) is 15.1 Å². The van der Waals surface area contributed by atoms with Crippen LogP contribution in [0, 0.1) is 5.92 Å². The molecular weight excluding hydrogens is 309 g/mol. The summed E-state index contributed by atoms with van der Waals surface area (Å²) in [5.74, 6) is 0.290. The lowest BCUT2D eigenvalue weighted by Crippen LogP contribution is -2.25. The predicted octanol–water partition coefficient (Wildman–Crippen LogP) is 3.15. The summed E-state index contributed by atoms with van der Waals surface area (Å²) in [5.41, 5.74) is 2.01. The van der Waals surface area contributed by atoms with Crippen molar-refractivity contribution in [3.63, 3.8) is 0 Å². The van der Waals surface area contributed by atoms with E-state index in [2.05, 4.69) is 10.4 Å². The van der Waals surface area contributed by atoms with Crippen LogP contribution in [0.5, 0.6) is 0 Å². The maximum atomic E-state index is 12.2. The number of hydrogen-bond donors (Lipinski definition) is 1. The van der Waals surface area contributed by atoms with Gasteiger partial charge in [0.2, 0.25) is 5.91 Å². The zero-order valence-electron chi connectivity index (χ0n) is 11.5. The molecule has 1 N–H and O–H groups in total. The van der Waals surface area contributed by atoms with Gasteiger partial charge in [-0.15, -0.1) is 0 Å². The van der Waals surface area contributed by atoms with E-state index in [-0.39, 0.29) is 17.7 Å². The van der Waals surface area contributed by atoms with E-state index in [4.69, 9.17) is 23.2 Å². The van der Waals surface area contributed by atoms with Crippen LogP contribution in [-0.4, -0.2) is 15.7 Å². The van der Waals surface area contributed by atoms with Crippen LogP contribution in [0.4, 0.5) is 0 Å². The fourth-order valence-electron chi connectivity index (χ4n) is 2.53. The first-order valence-corrected chi connectivity index (χ1v) is 7.51. The summed E-state index contributed by atoms with van der Waals surface area (Å²) in [6, 6.07) is 7.35. The molecule has 0 aliphatic heterocycles. The van der Waals surface area contributed by atoms with E-state index in [0.29, 0.717) is 16.6 Å². The number of benzene rings is 1. The van der Waals surface area contributed by atoms with Crippen molar-refractivity contribution >= 4 is 29.1 Å². The summed E-state index contributed by atoms with van der Waals surface area (Å²) >= 11 is 12.0. The molecular formula is C15H15Cl2N3O. The predicted molar refractivity (Wildman–Crippen MR) is 82.4 cm³/mol. The first-order chi connectivity index (χ1) is 10.0. The van der Waals surface area contributed by atoms with Crippen LogP contribution < -0.4 is 5.32 Å². The van der Waals surface area contributed by atoms with Crippen molar-refractivity contribution in [2.45, 2.75) is 18.9 Å². The smallest absolute Gasteiger partial charge is 0.224 e. The molecule has 1 aliphatic carbocycles. The number of aryl methyl sites for hydroxylation is 1. The SMILES string of the molecule is Cn1nccc1CNC(=O)[C@@H]1C[C@@H]1c1cc(Cl)cc(Cl)c1. The van der Waals surface area contributed by atoms with Crippen molar-refractivity contribution in [3.8, 4) is 0 Å². The van der Waals surface area contributed by atoms with Gasteiger partial charge in [-0.05, 0) is 42.2 Å². The van der Waals surface area contributed by atoms with Crippen LogP contribution >= 0.6 is 23.2 Å². The summed E-state index contributed by atoms with van der Waals surface area (Å²) in [4.78, 5) is 12.2. The second kappa shape index (κ2) is 5.70. The molecule has 6 heteroatoms. The monoisotopic (exact) mass is 323 g/mol. The molecule has 0 spiro atoms. The Balaban J connectivity index is 1.59. The first-order valence-electron chi connectivity index (χ1n) is 6.75. The Morgan fingerprint density at radius 3 is 2.71 bits per heavy atom. The minimum absolute atomic E-state index is 0.00719. The molecule has 4 nitrogen and oxygen atoms in total. The second-order valence-electron chi connectivity index (χ2n) is 5.32. The summed E-state index contributed by atoms with van der Waals surface area (Å²) in [7, 11) is 1.86. The summed E-state index contributed by atoms with van der Waals surface area (Å²) < 4.78 is 1.75. The molecule has 1 heterocycles. The van der Waals surface area contributed by atoms with E-state index in [1.54, 1.807) is 16.9 Å². The third-order valence-electron chi connectivity index (χ3n) is 3.81. The summed E-state index contributed by atoms with van der Waals surface area (Å²) in [6.07, 6.45) is 2.56. The molecule has 21 heavy (non-hydrogen) atoms. The Hall–Kier alpha value is -1.52. The quantitative estimate of drug-likeness (QED) is 0.939. The van der Waals surface area contributed by atoms with Gasteiger partial charge in [-0.3, -0.25) is 9.48 Å². The van der Waals surface area contributed by atoms with E-state index in [1.165, 1.54) is 0 Å². The number of carbonyl (C=O) groups excluding carboxylic acids is 1. The maximum absolute atomic E-state index is 12.2. The van der Waals surface area contributed by atoms with Crippen molar-refractivity contribution in [2.24, 2.45) is 13.0 Å². The lowest BCUT2D eigenvalue weighted by atomic mass is 10.1. The molecule has 2 atom stereocenters. The number of nitrogens with zero attached hydrogens (tertiary/aromatic N) is 2. The number of aromatic nitrogens is 2. The number of hydrogen-bond acceptors (Lipinski definition) is 2. The topological polar surface area (TPSA) is 46.9 Å². The third-order valence-corrected chi connectivity index (χ3v) is 4.24. The van der Waals surface area contributed by atoms with Gasteiger partial charge in [0.1, 0.15) is 0 Å². The molecule has 1 aromatic carbocycles. The van der Waals surface area contributed by atoms with E-state index >= 15 is 0 Å². The van der Waals surface area contributed by atoms with Gasteiger partial charge in [0, 0.05) is 29.2 Å². The number of nitrogens with one attached hydrogen (secondary N) is 1. The van der Waals surface area contributed by atoms with Crippen molar-refractivity contribution < 1.29 is 4.79 Å². The van der Waals surface area contributed by atoms with Gasteiger partial charge in [-0.1, -0.05) is 23.2 Å². The Kier molecular flexibility index (Phi) is 3.91. The number of carbonyl (C=O) groups is 1. The van der Waals surface area contributed by atoms with E-state index < -0.39 is 0 Å². The van der Waals surface area contributed by atoms with Gasteiger partial charge in [0.05, 0.1) is 12.2 Å². The fraction of sp³-hybridized carbons (Fsp3) is 0.333. The molecule has 0 unspecified atom stereocenters. The van der Waals surface area contributed by atoms with Crippen LogP contribution in [0.3, 0.4) is 0 Å². The molecule has 1 saturated carbocycles. The Morgan fingerprint density at radius 2 is 2.10 bits per heavy atom. The second-order valence-corrected chi connectivity index (χ2v) is 6.19. The number of rotatable bonds is 4. The number of halogens is 2. The standard InChI is InChI=1S/C15H15Cl2N3O/c1-20-12(2-3-19-20)8-18-15(21)14-7-13(14)9-4-10(16)6-11(17)5-9/h2-6,13-14H,7-8H2,1H3,(H,18,21)/t13-,14-/m1/s1. The van der Waals surface area contributed by atoms with Gasteiger partial charge >= 0.3 is 0 Å². The molecule has 1 aromatic heterocycles. The van der Waals surface area contributed by atoms with Gasteiger partial charge in [-0.2, -0.15) is 5.10 Å². The highest BCUT2D eigenvalue weighted by Crippen LogP contribution is 2.48. The van der Waals surface area contributed by atoms with Crippen molar-refractivity contribution in [2.75, 3.05) is 0 Å². The van der Waals surface area contributed by atoms with Gasteiger partial charge in [0.15, 0.2) is 0 Å². The molecule has 1 fully saturated rings. The Labute approximate surface area is 133 Å². The third kappa shape index (κ3) is 3.22. The van der Waals surface area contributed by atoms with Crippen molar-refractivity contribution in [3.05, 3.63) is 51.8 Å². The molecule has 2 aromatic rings. The highest BCUT2D eigenvalue weighted by atomic mass is 35.5. The number of amides is 1. The van der Waals surface area contributed by atoms with Crippen LogP contribution in [0.2, 0.25) is 10.0 Å². The first kappa shape index (κ1) is 14.4. The Morgan fingerprint density at radius 1 is 1.38 bits per heavy atom. The highest BCUT2D eigenvalue weighted by molar-refractivity contribution is 6.34. The molecule has 0 saturated heterocycles. The molecule has 3 rings (SSSR count). The summed E-state index contributed by atoms with van der Waals surface area (Å²) in [5, 5.41) is 8.24. The molecule has 0 radical (unpaired) electrons.